The molecule has 1 aliphatic heterocycles. The van der Waals surface area contributed by atoms with E-state index in [1.807, 2.05) is 4.90 Å². The summed E-state index contributed by atoms with van der Waals surface area (Å²) in [6.07, 6.45) is 9.03. The molecule has 0 aromatic heterocycles. The van der Waals surface area contributed by atoms with E-state index in [0.29, 0.717) is 0 Å². The Balaban J connectivity index is 1.58. The zero-order valence-corrected chi connectivity index (χ0v) is 14.0. The molecule has 1 saturated heterocycles. The molecule has 0 aromatic rings. The standard InChI is InChI=1S/C18H30N2O3/c21-14-9-7-13(8-10-14)19-17(22)15-5-1-2-6-16(15)18(23)20-11-3-4-12-20/h13-16,21H,1-12H2,(H,19,22). The number of rotatable bonds is 3. The summed E-state index contributed by atoms with van der Waals surface area (Å²) in [6, 6.07) is 0.176. The van der Waals surface area contributed by atoms with E-state index in [4.69, 9.17) is 0 Å². The maximum absolute atomic E-state index is 12.8. The van der Waals surface area contributed by atoms with Crippen LogP contribution in [0.3, 0.4) is 0 Å². The summed E-state index contributed by atoms with van der Waals surface area (Å²) < 4.78 is 0. The van der Waals surface area contributed by atoms with Crippen LogP contribution in [-0.2, 0) is 9.59 Å². The lowest BCUT2D eigenvalue weighted by Crippen LogP contribution is -2.47. The molecule has 0 aromatic carbocycles. The third-order valence-corrected chi connectivity index (χ3v) is 5.88. The van der Waals surface area contributed by atoms with Gasteiger partial charge in [-0.1, -0.05) is 12.8 Å². The molecule has 2 atom stereocenters. The van der Waals surface area contributed by atoms with Crippen molar-refractivity contribution < 1.29 is 14.7 Å². The average Bonchev–Trinajstić information content (AvgIpc) is 3.11. The van der Waals surface area contributed by atoms with Crippen LogP contribution in [0.5, 0.6) is 0 Å². The van der Waals surface area contributed by atoms with Crippen molar-refractivity contribution in [3.05, 3.63) is 0 Å². The Morgan fingerprint density at radius 3 is 2.09 bits per heavy atom. The molecule has 2 unspecified atom stereocenters. The summed E-state index contributed by atoms with van der Waals surface area (Å²) in [4.78, 5) is 27.5. The number of carbonyl (C=O) groups excluding carboxylic acids is 2. The summed E-state index contributed by atoms with van der Waals surface area (Å²) in [5.74, 6) is 0.0183. The predicted molar refractivity (Wildman–Crippen MR) is 87.7 cm³/mol. The average molecular weight is 322 g/mol. The first-order chi connectivity index (χ1) is 11.1. The van der Waals surface area contributed by atoms with Crippen molar-refractivity contribution >= 4 is 11.8 Å². The van der Waals surface area contributed by atoms with Gasteiger partial charge in [-0.05, 0) is 51.4 Å². The van der Waals surface area contributed by atoms with Crippen LogP contribution in [0.15, 0.2) is 0 Å². The van der Waals surface area contributed by atoms with Crippen LogP contribution in [0.25, 0.3) is 0 Å². The molecule has 23 heavy (non-hydrogen) atoms. The van der Waals surface area contributed by atoms with Crippen LogP contribution in [0.2, 0.25) is 0 Å². The van der Waals surface area contributed by atoms with E-state index in [1.165, 1.54) is 0 Å². The lowest BCUT2D eigenvalue weighted by Gasteiger charge is -2.34. The number of hydrogen-bond acceptors (Lipinski definition) is 3. The van der Waals surface area contributed by atoms with Gasteiger partial charge in [0, 0.05) is 31.0 Å². The molecule has 5 heteroatoms. The van der Waals surface area contributed by atoms with E-state index in [9.17, 15) is 14.7 Å². The van der Waals surface area contributed by atoms with Crippen molar-refractivity contribution in [3.63, 3.8) is 0 Å². The smallest absolute Gasteiger partial charge is 0.226 e. The second-order valence-electron chi connectivity index (χ2n) is 7.54. The topological polar surface area (TPSA) is 69.6 Å². The first-order valence-electron chi connectivity index (χ1n) is 9.42. The van der Waals surface area contributed by atoms with E-state index < -0.39 is 0 Å². The third kappa shape index (κ3) is 4.06. The molecule has 1 heterocycles. The van der Waals surface area contributed by atoms with Crippen LogP contribution < -0.4 is 5.32 Å². The molecule has 0 bridgehead atoms. The molecule has 130 valence electrons. The first kappa shape index (κ1) is 16.7. The first-order valence-corrected chi connectivity index (χ1v) is 9.42. The lowest BCUT2D eigenvalue weighted by molar-refractivity contribution is -0.143. The van der Waals surface area contributed by atoms with Gasteiger partial charge in [-0.3, -0.25) is 9.59 Å². The van der Waals surface area contributed by atoms with Crippen LogP contribution in [0.4, 0.5) is 0 Å². The van der Waals surface area contributed by atoms with Crippen molar-refractivity contribution in [1.82, 2.24) is 10.2 Å². The van der Waals surface area contributed by atoms with Gasteiger partial charge in [0.2, 0.25) is 11.8 Å². The number of likely N-dealkylation sites (tertiary alicyclic amines) is 1. The van der Waals surface area contributed by atoms with E-state index in [-0.39, 0.29) is 35.8 Å². The molecule has 2 aliphatic carbocycles. The minimum Gasteiger partial charge on any atom is -0.393 e. The Labute approximate surface area is 138 Å². The minimum absolute atomic E-state index is 0.0728. The molecule has 3 aliphatic rings. The summed E-state index contributed by atoms with van der Waals surface area (Å²) >= 11 is 0. The monoisotopic (exact) mass is 322 g/mol. The zero-order chi connectivity index (χ0) is 16.2. The van der Waals surface area contributed by atoms with Gasteiger partial charge >= 0.3 is 0 Å². The van der Waals surface area contributed by atoms with Crippen LogP contribution in [0.1, 0.15) is 64.2 Å². The normalized spacial score (nSPS) is 35.1. The molecule has 5 nitrogen and oxygen atoms in total. The largest absolute Gasteiger partial charge is 0.393 e. The van der Waals surface area contributed by atoms with Gasteiger partial charge in [0.1, 0.15) is 0 Å². The van der Waals surface area contributed by atoms with Crippen molar-refractivity contribution in [2.24, 2.45) is 11.8 Å². The number of nitrogens with zero attached hydrogens (tertiary/aromatic N) is 1. The van der Waals surface area contributed by atoms with E-state index >= 15 is 0 Å². The van der Waals surface area contributed by atoms with Gasteiger partial charge in [-0.2, -0.15) is 0 Å². The number of aliphatic hydroxyl groups excluding tert-OH is 1. The minimum atomic E-state index is -0.206. The third-order valence-electron chi connectivity index (χ3n) is 5.88. The van der Waals surface area contributed by atoms with Gasteiger partial charge in [0.05, 0.1) is 6.10 Å². The van der Waals surface area contributed by atoms with Crippen molar-refractivity contribution in [1.29, 1.82) is 0 Å². The Bertz CT molecular complexity index is 426. The van der Waals surface area contributed by atoms with E-state index in [1.54, 1.807) is 0 Å². The number of hydrogen-bond donors (Lipinski definition) is 2. The van der Waals surface area contributed by atoms with Crippen LogP contribution >= 0.6 is 0 Å². The highest BCUT2D eigenvalue weighted by Crippen LogP contribution is 2.33. The fraction of sp³-hybridized carbons (Fsp3) is 0.889. The highest BCUT2D eigenvalue weighted by atomic mass is 16.3. The molecule has 3 rings (SSSR count). The number of amides is 2. The van der Waals surface area contributed by atoms with Gasteiger partial charge in [0.25, 0.3) is 0 Å². The highest BCUT2D eigenvalue weighted by molar-refractivity contribution is 5.88. The van der Waals surface area contributed by atoms with Crippen molar-refractivity contribution in [2.75, 3.05) is 13.1 Å². The van der Waals surface area contributed by atoms with Gasteiger partial charge in [-0.15, -0.1) is 0 Å². The Kier molecular flexibility index (Phi) is 5.57. The quantitative estimate of drug-likeness (QED) is 0.833. The predicted octanol–water partition coefficient (Wildman–Crippen LogP) is 1.83. The number of aliphatic hydroxyl groups is 1. The van der Waals surface area contributed by atoms with Crippen molar-refractivity contribution in [3.8, 4) is 0 Å². The second kappa shape index (κ2) is 7.65. The molecular weight excluding hydrogens is 292 g/mol. The SMILES string of the molecule is O=C(NC1CCC(O)CC1)C1CCCCC1C(=O)N1CCCC1. The Morgan fingerprint density at radius 2 is 1.43 bits per heavy atom. The van der Waals surface area contributed by atoms with Crippen LogP contribution in [-0.4, -0.2) is 47.1 Å². The van der Waals surface area contributed by atoms with Crippen molar-refractivity contribution in [2.45, 2.75) is 76.4 Å². The van der Waals surface area contributed by atoms with Gasteiger partial charge < -0.3 is 15.3 Å². The van der Waals surface area contributed by atoms with Gasteiger partial charge in [-0.25, -0.2) is 0 Å². The van der Waals surface area contributed by atoms with E-state index in [2.05, 4.69) is 5.32 Å². The summed E-state index contributed by atoms with van der Waals surface area (Å²) in [6.45, 7) is 1.73. The van der Waals surface area contributed by atoms with E-state index in [0.717, 1.165) is 77.3 Å². The zero-order valence-electron chi connectivity index (χ0n) is 14.0. The molecule has 3 fully saturated rings. The number of carbonyl (C=O) groups is 2. The number of nitrogens with one attached hydrogen (secondary N) is 1. The second-order valence-corrected chi connectivity index (χ2v) is 7.54. The molecule has 2 N–H and O–H groups in total. The Morgan fingerprint density at radius 1 is 0.826 bits per heavy atom. The maximum Gasteiger partial charge on any atom is 0.226 e. The molecule has 0 spiro atoms. The van der Waals surface area contributed by atoms with Crippen LogP contribution in [0, 0.1) is 11.8 Å². The summed E-state index contributed by atoms with van der Waals surface area (Å²) in [7, 11) is 0. The summed E-state index contributed by atoms with van der Waals surface area (Å²) in [5, 5.41) is 12.7. The molecular formula is C18H30N2O3. The summed E-state index contributed by atoms with van der Waals surface area (Å²) in [5.41, 5.74) is 0. The Hall–Kier alpha value is -1.10. The van der Waals surface area contributed by atoms with Gasteiger partial charge in [0.15, 0.2) is 0 Å². The maximum atomic E-state index is 12.8. The molecule has 2 saturated carbocycles. The fourth-order valence-corrected chi connectivity index (χ4v) is 4.44. The lowest BCUT2D eigenvalue weighted by atomic mass is 9.77. The molecule has 0 radical (unpaired) electrons. The highest BCUT2D eigenvalue weighted by Gasteiger charge is 2.39. The molecule has 2 amide bonds. The fourth-order valence-electron chi connectivity index (χ4n) is 4.44.